The Morgan fingerprint density at radius 2 is 1.42 bits per heavy atom. The van der Waals surface area contributed by atoms with Crippen LogP contribution in [0, 0.1) is 11.8 Å². The summed E-state index contributed by atoms with van der Waals surface area (Å²) in [7, 11) is 0. The van der Waals surface area contributed by atoms with Crippen molar-refractivity contribution in [1.82, 2.24) is 0 Å². The Morgan fingerprint density at radius 3 is 2.12 bits per heavy atom. The second kappa shape index (κ2) is 13.3. The molecule has 0 aliphatic rings. The van der Waals surface area contributed by atoms with Gasteiger partial charge in [-0.05, 0) is 42.4 Å². The second-order valence-electron chi connectivity index (χ2n) is 7.91. The summed E-state index contributed by atoms with van der Waals surface area (Å²) in [5.41, 5.74) is 1.26. The number of hydrogen-bond donors (Lipinski definition) is 1. The van der Waals surface area contributed by atoms with Crippen LogP contribution in [-0.2, 0) is 6.42 Å². The van der Waals surface area contributed by atoms with Gasteiger partial charge < -0.3 is 5.11 Å². The van der Waals surface area contributed by atoms with Crippen LogP contribution in [0.25, 0.3) is 0 Å². The first-order valence-corrected chi connectivity index (χ1v) is 10.4. The highest BCUT2D eigenvalue weighted by molar-refractivity contribution is 5.27. The summed E-state index contributed by atoms with van der Waals surface area (Å²) >= 11 is 0. The molecule has 0 heterocycles. The van der Waals surface area contributed by atoms with Gasteiger partial charge in [0.25, 0.3) is 0 Å². The molecular weight excluding hydrogens is 292 g/mol. The van der Waals surface area contributed by atoms with Crippen LogP contribution < -0.4 is 0 Å². The third kappa shape index (κ3) is 10.7. The van der Waals surface area contributed by atoms with Crippen molar-refractivity contribution in [2.75, 3.05) is 0 Å². The maximum absolute atomic E-state index is 9.46. The summed E-state index contributed by atoms with van der Waals surface area (Å²) in [4.78, 5) is 0. The van der Waals surface area contributed by atoms with E-state index in [2.05, 4.69) is 26.8 Å². The fraction of sp³-hybridized carbons (Fsp3) is 0.739. The SMILES string of the molecule is CCC[C@H](C)CCC[C@H](C)CCCCCCCc1cccc(O)c1. The molecule has 1 N–H and O–H groups in total. The van der Waals surface area contributed by atoms with E-state index in [4.69, 9.17) is 0 Å². The summed E-state index contributed by atoms with van der Waals surface area (Å²) in [5.74, 6) is 2.23. The monoisotopic (exact) mass is 332 g/mol. The third-order valence-electron chi connectivity index (χ3n) is 5.25. The Labute approximate surface area is 150 Å². The van der Waals surface area contributed by atoms with E-state index in [-0.39, 0.29) is 0 Å². The van der Waals surface area contributed by atoms with Gasteiger partial charge in [0.2, 0.25) is 0 Å². The molecule has 1 aromatic carbocycles. The Kier molecular flexibility index (Phi) is 11.7. The molecule has 0 bridgehead atoms. The maximum atomic E-state index is 9.46. The number of benzene rings is 1. The van der Waals surface area contributed by atoms with Gasteiger partial charge in [0.15, 0.2) is 0 Å². The predicted octanol–water partition coefficient (Wildman–Crippen LogP) is 7.52. The molecular formula is C23H40O. The molecule has 0 spiro atoms. The molecule has 0 radical (unpaired) electrons. The average Bonchev–Trinajstić information content (AvgIpc) is 2.54. The first-order chi connectivity index (χ1) is 11.6. The Balaban J connectivity index is 1.92. The minimum atomic E-state index is 0.394. The lowest BCUT2D eigenvalue weighted by atomic mass is 9.93. The fourth-order valence-electron chi connectivity index (χ4n) is 3.66. The van der Waals surface area contributed by atoms with Gasteiger partial charge in [-0.1, -0.05) is 97.1 Å². The number of aryl methyl sites for hydroxylation is 1. The van der Waals surface area contributed by atoms with Gasteiger partial charge in [-0.25, -0.2) is 0 Å². The van der Waals surface area contributed by atoms with Crippen LogP contribution in [0.2, 0.25) is 0 Å². The number of hydrogen-bond acceptors (Lipinski definition) is 1. The van der Waals surface area contributed by atoms with E-state index < -0.39 is 0 Å². The molecule has 2 atom stereocenters. The number of aromatic hydroxyl groups is 1. The molecule has 1 rings (SSSR count). The molecule has 0 unspecified atom stereocenters. The van der Waals surface area contributed by atoms with Gasteiger partial charge in [0.1, 0.15) is 5.75 Å². The van der Waals surface area contributed by atoms with Gasteiger partial charge in [-0.2, -0.15) is 0 Å². The zero-order valence-electron chi connectivity index (χ0n) is 16.4. The summed E-state index contributed by atoms with van der Waals surface area (Å²) in [6, 6.07) is 7.69. The van der Waals surface area contributed by atoms with Crippen LogP contribution in [0.4, 0.5) is 0 Å². The number of phenolic OH excluding ortho intramolecular Hbond substituents is 1. The summed E-state index contributed by atoms with van der Waals surface area (Å²) in [6.07, 6.45) is 16.2. The standard InChI is InChI=1S/C23H40O/c1-4-12-20(2)14-10-15-21(3)13-8-6-5-7-9-16-22-17-11-18-23(24)19-22/h11,17-21,24H,4-10,12-16H2,1-3H3/t20-,21+/m0/s1. The van der Waals surface area contributed by atoms with Crippen LogP contribution in [0.3, 0.4) is 0 Å². The van der Waals surface area contributed by atoms with Crippen molar-refractivity contribution >= 4 is 0 Å². The minimum absolute atomic E-state index is 0.394. The predicted molar refractivity (Wildman–Crippen MR) is 107 cm³/mol. The van der Waals surface area contributed by atoms with Crippen molar-refractivity contribution in [2.24, 2.45) is 11.8 Å². The van der Waals surface area contributed by atoms with E-state index in [1.807, 2.05) is 12.1 Å². The molecule has 0 aliphatic heterocycles. The van der Waals surface area contributed by atoms with Crippen LogP contribution in [0.1, 0.15) is 97.0 Å². The molecule has 0 amide bonds. The fourth-order valence-corrected chi connectivity index (χ4v) is 3.66. The minimum Gasteiger partial charge on any atom is -0.508 e. The topological polar surface area (TPSA) is 20.2 Å². The van der Waals surface area contributed by atoms with Crippen molar-refractivity contribution in [3.05, 3.63) is 29.8 Å². The van der Waals surface area contributed by atoms with E-state index in [1.165, 1.54) is 76.2 Å². The zero-order chi connectivity index (χ0) is 17.6. The third-order valence-corrected chi connectivity index (χ3v) is 5.25. The average molecular weight is 333 g/mol. The zero-order valence-corrected chi connectivity index (χ0v) is 16.4. The van der Waals surface area contributed by atoms with Crippen LogP contribution in [0.15, 0.2) is 24.3 Å². The largest absolute Gasteiger partial charge is 0.508 e. The number of rotatable bonds is 14. The lowest BCUT2D eigenvalue weighted by Crippen LogP contribution is -1.99. The number of unbranched alkanes of at least 4 members (excludes halogenated alkanes) is 4. The molecule has 138 valence electrons. The van der Waals surface area contributed by atoms with E-state index >= 15 is 0 Å². The molecule has 1 aromatic rings. The maximum Gasteiger partial charge on any atom is 0.115 e. The lowest BCUT2D eigenvalue weighted by Gasteiger charge is -2.13. The van der Waals surface area contributed by atoms with Crippen molar-refractivity contribution in [3.8, 4) is 5.75 Å². The smallest absolute Gasteiger partial charge is 0.115 e. The van der Waals surface area contributed by atoms with Gasteiger partial charge in [0, 0.05) is 0 Å². The van der Waals surface area contributed by atoms with Gasteiger partial charge in [-0.3, -0.25) is 0 Å². The molecule has 24 heavy (non-hydrogen) atoms. The molecule has 0 saturated carbocycles. The van der Waals surface area contributed by atoms with E-state index in [9.17, 15) is 5.11 Å². The molecule has 0 saturated heterocycles. The highest BCUT2D eigenvalue weighted by Crippen LogP contribution is 2.20. The number of phenols is 1. The first-order valence-electron chi connectivity index (χ1n) is 10.4. The first kappa shape index (κ1) is 21.1. The summed E-state index contributed by atoms with van der Waals surface area (Å²) in [5, 5.41) is 9.46. The van der Waals surface area contributed by atoms with Crippen molar-refractivity contribution < 1.29 is 5.11 Å². The Morgan fingerprint density at radius 1 is 0.792 bits per heavy atom. The quantitative estimate of drug-likeness (QED) is 0.349. The molecule has 1 heteroatoms. The second-order valence-corrected chi connectivity index (χ2v) is 7.91. The summed E-state index contributed by atoms with van der Waals surface area (Å²) < 4.78 is 0. The van der Waals surface area contributed by atoms with Crippen LogP contribution in [0.5, 0.6) is 5.75 Å². The van der Waals surface area contributed by atoms with E-state index in [1.54, 1.807) is 6.07 Å². The Hall–Kier alpha value is -0.980. The molecule has 1 nitrogen and oxygen atoms in total. The van der Waals surface area contributed by atoms with Gasteiger partial charge in [-0.15, -0.1) is 0 Å². The highest BCUT2D eigenvalue weighted by Gasteiger charge is 2.05. The van der Waals surface area contributed by atoms with Crippen LogP contribution in [-0.4, -0.2) is 5.11 Å². The van der Waals surface area contributed by atoms with Crippen molar-refractivity contribution in [1.29, 1.82) is 0 Å². The molecule has 0 fully saturated rings. The normalized spacial score (nSPS) is 13.8. The van der Waals surface area contributed by atoms with Crippen molar-refractivity contribution in [2.45, 2.75) is 97.8 Å². The lowest BCUT2D eigenvalue weighted by molar-refractivity contribution is 0.398. The van der Waals surface area contributed by atoms with Crippen molar-refractivity contribution in [3.63, 3.8) is 0 Å². The highest BCUT2D eigenvalue weighted by atomic mass is 16.3. The molecule has 0 aliphatic carbocycles. The molecule has 0 aromatic heterocycles. The van der Waals surface area contributed by atoms with Crippen LogP contribution >= 0.6 is 0 Å². The van der Waals surface area contributed by atoms with E-state index in [0.29, 0.717) is 5.75 Å². The van der Waals surface area contributed by atoms with E-state index in [0.717, 1.165) is 18.3 Å². The summed E-state index contributed by atoms with van der Waals surface area (Å²) in [6.45, 7) is 7.14. The van der Waals surface area contributed by atoms with Gasteiger partial charge >= 0.3 is 0 Å². The Bertz CT molecular complexity index is 412. The van der Waals surface area contributed by atoms with Gasteiger partial charge in [0.05, 0.1) is 0 Å².